The molecule has 4 aromatic rings. The molecule has 5 nitrogen and oxygen atoms in total. The molecule has 0 radical (unpaired) electrons. The minimum Gasteiger partial charge on any atom is -0.383 e. The molecule has 1 atom stereocenters. The molecule has 3 N–H and O–H groups in total. The summed E-state index contributed by atoms with van der Waals surface area (Å²) in [6, 6.07) is 27.0. The fraction of sp³-hybridized carbons (Fsp3) is 0.0417. The molecule has 0 fully saturated rings. The first-order valence-corrected chi connectivity index (χ1v) is 9.79. The Hall–Kier alpha value is -3.70. The first-order valence-electron chi connectivity index (χ1n) is 9.41. The summed E-state index contributed by atoms with van der Waals surface area (Å²) in [6.45, 7) is 0. The van der Waals surface area contributed by atoms with Crippen LogP contribution in [-0.4, -0.2) is 16.7 Å². The summed E-state index contributed by atoms with van der Waals surface area (Å²) in [5, 5.41) is 4.77. The number of benzene rings is 3. The van der Waals surface area contributed by atoms with Gasteiger partial charge in [-0.25, -0.2) is 4.98 Å². The normalized spacial score (nSPS) is 12.5. The van der Waals surface area contributed by atoms with Crippen LogP contribution in [0.15, 0.2) is 96.0 Å². The quantitative estimate of drug-likeness (QED) is 0.356. The number of nitrogens with two attached hydrogens (primary N) is 1. The van der Waals surface area contributed by atoms with Gasteiger partial charge in [-0.15, -0.1) is 0 Å². The second-order valence-corrected chi connectivity index (χ2v) is 7.16. The summed E-state index contributed by atoms with van der Waals surface area (Å²) in [4.78, 5) is 21.8. The lowest BCUT2D eigenvalue weighted by molar-refractivity contribution is -0.118. The van der Waals surface area contributed by atoms with Crippen molar-refractivity contribution < 1.29 is 4.79 Å². The van der Waals surface area contributed by atoms with Crippen molar-refractivity contribution in [1.29, 1.82) is 0 Å². The molecule has 0 aliphatic heterocycles. The molecule has 0 saturated heterocycles. The van der Waals surface area contributed by atoms with E-state index in [2.05, 4.69) is 15.3 Å². The Morgan fingerprint density at radius 3 is 2.37 bits per heavy atom. The summed E-state index contributed by atoms with van der Waals surface area (Å²) < 4.78 is 0. The minimum atomic E-state index is -0.731. The molecule has 0 aliphatic rings. The van der Waals surface area contributed by atoms with Crippen LogP contribution in [0.4, 0.5) is 5.82 Å². The van der Waals surface area contributed by atoms with Crippen molar-refractivity contribution in [3.63, 3.8) is 0 Å². The molecule has 148 valence electrons. The number of anilines is 1. The van der Waals surface area contributed by atoms with Gasteiger partial charge in [0.2, 0.25) is 0 Å². The number of fused-ring (bicyclic) bond motifs is 1. The molecule has 1 amide bonds. The van der Waals surface area contributed by atoms with Gasteiger partial charge in [-0.1, -0.05) is 72.3 Å². The van der Waals surface area contributed by atoms with Crippen LogP contribution in [0.2, 0.25) is 5.02 Å². The van der Waals surface area contributed by atoms with Crippen molar-refractivity contribution in [3.05, 3.63) is 107 Å². The number of nitrogens with one attached hydrogen (secondary N) is 1. The summed E-state index contributed by atoms with van der Waals surface area (Å²) in [6.07, 6.45) is 0. The number of aliphatic imine (C=N–C) groups is 1. The second-order valence-electron chi connectivity index (χ2n) is 6.72. The van der Waals surface area contributed by atoms with Crippen molar-refractivity contribution in [3.8, 4) is 0 Å². The molecule has 1 heterocycles. The van der Waals surface area contributed by atoms with Crippen LogP contribution in [0.1, 0.15) is 17.2 Å². The Morgan fingerprint density at radius 1 is 0.933 bits per heavy atom. The number of rotatable bonds is 5. The molecule has 1 aromatic heterocycles. The van der Waals surface area contributed by atoms with E-state index in [1.54, 1.807) is 6.07 Å². The standard InChI is InChI=1S/C24H19ClN4O/c25-19-12-13-20-18(15-19)11-14-21(27-20)28-22(16-7-3-1-4-8-16)24(30)29-23(26)17-9-5-2-6-10-17/h1-15,22H,(H,27,28)(H2,26,29,30). The van der Waals surface area contributed by atoms with Crippen LogP contribution >= 0.6 is 11.6 Å². The first kappa shape index (κ1) is 19.6. The number of carbonyl (C=O) groups is 1. The van der Waals surface area contributed by atoms with E-state index in [9.17, 15) is 4.79 Å². The van der Waals surface area contributed by atoms with Crippen LogP contribution in [0.3, 0.4) is 0 Å². The monoisotopic (exact) mass is 414 g/mol. The van der Waals surface area contributed by atoms with Gasteiger partial charge < -0.3 is 11.1 Å². The number of pyridine rings is 1. The van der Waals surface area contributed by atoms with E-state index in [0.29, 0.717) is 16.4 Å². The molecule has 0 aliphatic carbocycles. The van der Waals surface area contributed by atoms with Gasteiger partial charge in [-0.2, -0.15) is 4.99 Å². The zero-order chi connectivity index (χ0) is 20.9. The number of nitrogens with zero attached hydrogens (tertiary/aromatic N) is 2. The molecule has 0 spiro atoms. The first-order chi connectivity index (χ1) is 14.6. The van der Waals surface area contributed by atoms with E-state index in [1.807, 2.05) is 84.9 Å². The van der Waals surface area contributed by atoms with E-state index >= 15 is 0 Å². The Morgan fingerprint density at radius 2 is 1.63 bits per heavy atom. The Balaban J connectivity index is 1.67. The van der Waals surface area contributed by atoms with Crippen molar-refractivity contribution in [2.75, 3.05) is 5.32 Å². The zero-order valence-electron chi connectivity index (χ0n) is 16.0. The van der Waals surface area contributed by atoms with Gasteiger partial charge >= 0.3 is 0 Å². The summed E-state index contributed by atoms with van der Waals surface area (Å²) >= 11 is 6.05. The van der Waals surface area contributed by atoms with Crippen LogP contribution in [0.5, 0.6) is 0 Å². The van der Waals surface area contributed by atoms with Gasteiger partial charge in [0.15, 0.2) is 0 Å². The molecule has 3 aromatic carbocycles. The minimum absolute atomic E-state index is 0.171. The predicted octanol–water partition coefficient (Wildman–Crippen LogP) is 4.97. The fourth-order valence-corrected chi connectivity index (χ4v) is 3.30. The second kappa shape index (κ2) is 8.76. The number of carbonyl (C=O) groups excluding carboxylic acids is 1. The lowest BCUT2D eigenvalue weighted by atomic mass is 10.1. The Bertz CT molecular complexity index is 1210. The highest BCUT2D eigenvalue weighted by Crippen LogP contribution is 2.24. The average Bonchev–Trinajstić information content (AvgIpc) is 2.78. The summed E-state index contributed by atoms with van der Waals surface area (Å²) in [5.74, 6) is 0.325. The number of hydrogen-bond acceptors (Lipinski definition) is 3. The number of hydrogen-bond donors (Lipinski definition) is 2. The zero-order valence-corrected chi connectivity index (χ0v) is 16.8. The lowest BCUT2D eigenvalue weighted by Crippen LogP contribution is -2.24. The molecule has 6 heteroatoms. The molecule has 0 bridgehead atoms. The summed E-state index contributed by atoms with van der Waals surface area (Å²) in [7, 11) is 0. The maximum atomic E-state index is 13.1. The van der Waals surface area contributed by atoms with Gasteiger partial charge in [0.05, 0.1) is 5.52 Å². The van der Waals surface area contributed by atoms with Gasteiger partial charge in [-0.3, -0.25) is 4.79 Å². The van der Waals surface area contributed by atoms with Gasteiger partial charge in [0.1, 0.15) is 17.7 Å². The number of amides is 1. The number of halogens is 1. The van der Waals surface area contributed by atoms with E-state index in [-0.39, 0.29) is 5.84 Å². The third-order valence-corrected chi connectivity index (χ3v) is 4.86. The van der Waals surface area contributed by atoms with Crippen molar-refractivity contribution in [1.82, 2.24) is 4.98 Å². The Kier molecular flexibility index (Phi) is 5.72. The van der Waals surface area contributed by atoms with Crippen LogP contribution < -0.4 is 11.1 Å². The highest BCUT2D eigenvalue weighted by Gasteiger charge is 2.21. The maximum absolute atomic E-state index is 13.1. The van der Waals surface area contributed by atoms with Crippen molar-refractivity contribution in [2.45, 2.75) is 6.04 Å². The maximum Gasteiger partial charge on any atom is 0.274 e. The van der Waals surface area contributed by atoms with Crippen LogP contribution in [-0.2, 0) is 4.79 Å². The van der Waals surface area contributed by atoms with Gasteiger partial charge in [0.25, 0.3) is 5.91 Å². The Labute approximate surface area is 179 Å². The van der Waals surface area contributed by atoms with Crippen LogP contribution in [0, 0.1) is 0 Å². The largest absolute Gasteiger partial charge is 0.383 e. The van der Waals surface area contributed by atoms with E-state index in [1.165, 1.54) is 0 Å². The van der Waals surface area contributed by atoms with E-state index in [0.717, 1.165) is 16.5 Å². The van der Waals surface area contributed by atoms with Gasteiger partial charge in [0, 0.05) is 16.0 Å². The number of aromatic nitrogens is 1. The average molecular weight is 415 g/mol. The molecule has 0 saturated carbocycles. The molecule has 4 rings (SSSR count). The third kappa shape index (κ3) is 4.47. The highest BCUT2D eigenvalue weighted by atomic mass is 35.5. The third-order valence-electron chi connectivity index (χ3n) is 4.62. The van der Waals surface area contributed by atoms with Crippen molar-refractivity contribution >= 4 is 40.1 Å². The predicted molar refractivity (Wildman–Crippen MR) is 122 cm³/mol. The van der Waals surface area contributed by atoms with Crippen molar-refractivity contribution in [2.24, 2.45) is 10.7 Å². The topological polar surface area (TPSA) is 80.4 Å². The summed E-state index contributed by atoms with van der Waals surface area (Å²) in [5.41, 5.74) is 8.30. The molecular weight excluding hydrogens is 396 g/mol. The smallest absolute Gasteiger partial charge is 0.274 e. The lowest BCUT2D eigenvalue weighted by Gasteiger charge is -2.17. The van der Waals surface area contributed by atoms with Gasteiger partial charge in [-0.05, 0) is 35.9 Å². The number of amidine groups is 1. The molecule has 30 heavy (non-hydrogen) atoms. The van der Waals surface area contributed by atoms with E-state index < -0.39 is 11.9 Å². The molecule has 1 unspecified atom stereocenters. The highest BCUT2D eigenvalue weighted by molar-refractivity contribution is 6.31. The van der Waals surface area contributed by atoms with Crippen LogP contribution in [0.25, 0.3) is 10.9 Å². The molecular formula is C24H19ClN4O. The van der Waals surface area contributed by atoms with E-state index in [4.69, 9.17) is 17.3 Å². The fourth-order valence-electron chi connectivity index (χ4n) is 3.11. The SMILES string of the molecule is NC(=NC(=O)C(Nc1ccc2cc(Cl)ccc2n1)c1ccccc1)c1ccccc1.